The quantitative estimate of drug-likeness (QED) is 0.464. The third-order valence-corrected chi connectivity index (χ3v) is 4.69. The monoisotopic (exact) mass is 417 g/mol. The molecule has 1 aromatic heterocycles. The van der Waals surface area contributed by atoms with E-state index in [-0.39, 0.29) is 11.0 Å². The van der Waals surface area contributed by atoms with Crippen LogP contribution in [0.4, 0.5) is 5.69 Å². The first-order valence-corrected chi connectivity index (χ1v) is 9.71. The summed E-state index contributed by atoms with van der Waals surface area (Å²) in [6.45, 7) is 0. The van der Waals surface area contributed by atoms with Gasteiger partial charge in [-0.05, 0) is 66.3 Å². The first-order chi connectivity index (χ1) is 14.6. The van der Waals surface area contributed by atoms with Crippen LogP contribution in [0.5, 0.6) is 5.75 Å². The molecule has 0 spiro atoms. The molecule has 1 amide bonds. The summed E-state index contributed by atoms with van der Waals surface area (Å²) in [6.07, 6.45) is 0.591. The van der Waals surface area contributed by atoms with Gasteiger partial charge in [0, 0.05) is 17.7 Å². The number of nitrogens with zero attached hydrogens (tertiary/aromatic N) is 1. The predicted octanol–water partition coefficient (Wildman–Crippen LogP) is 4.55. The van der Waals surface area contributed by atoms with E-state index >= 15 is 0 Å². The summed E-state index contributed by atoms with van der Waals surface area (Å²) >= 11 is 5.24. The van der Waals surface area contributed by atoms with Crippen LogP contribution in [0.2, 0.25) is 0 Å². The van der Waals surface area contributed by atoms with Crippen molar-refractivity contribution < 1.29 is 13.9 Å². The number of amides is 1. The van der Waals surface area contributed by atoms with Crippen molar-refractivity contribution in [2.24, 2.45) is 0 Å². The van der Waals surface area contributed by atoms with Gasteiger partial charge in [-0.15, -0.1) is 0 Å². The Morgan fingerprint density at radius 1 is 1.03 bits per heavy atom. The minimum Gasteiger partial charge on any atom is -0.497 e. The van der Waals surface area contributed by atoms with Crippen molar-refractivity contribution in [1.82, 2.24) is 10.3 Å². The normalized spacial score (nSPS) is 10.6. The van der Waals surface area contributed by atoms with Gasteiger partial charge in [-0.2, -0.15) is 0 Å². The molecule has 0 aliphatic rings. The number of thiocarbonyl (C=S) groups is 1. The van der Waals surface area contributed by atoms with Crippen molar-refractivity contribution in [3.63, 3.8) is 0 Å². The number of carbonyl (C=O) groups excluding carboxylic acids is 1. The van der Waals surface area contributed by atoms with Gasteiger partial charge in [0.1, 0.15) is 11.3 Å². The molecule has 4 rings (SSSR count). The molecule has 0 saturated heterocycles. The van der Waals surface area contributed by atoms with E-state index < -0.39 is 0 Å². The van der Waals surface area contributed by atoms with Crippen LogP contribution in [-0.2, 0) is 6.42 Å². The SMILES string of the molecule is COc1ccc(C(=O)NC(=S)Nc2ccc(Cc3nc4ccccc4o3)cc2)cc1. The summed E-state index contributed by atoms with van der Waals surface area (Å²) in [4.78, 5) is 16.8. The molecule has 0 aliphatic carbocycles. The maximum absolute atomic E-state index is 12.3. The third kappa shape index (κ3) is 4.64. The number of hydrogen-bond acceptors (Lipinski definition) is 5. The molecular formula is C23H19N3O3S. The van der Waals surface area contributed by atoms with Gasteiger partial charge in [-0.25, -0.2) is 4.98 Å². The van der Waals surface area contributed by atoms with E-state index in [0.717, 1.165) is 22.4 Å². The van der Waals surface area contributed by atoms with Gasteiger partial charge < -0.3 is 14.5 Å². The van der Waals surface area contributed by atoms with Crippen LogP contribution >= 0.6 is 12.2 Å². The second kappa shape index (κ2) is 8.75. The molecule has 0 bridgehead atoms. The van der Waals surface area contributed by atoms with Crippen LogP contribution in [0.15, 0.2) is 77.2 Å². The van der Waals surface area contributed by atoms with Crippen LogP contribution < -0.4 is 15.4 Å². The Hall–Kier alpha value is -3.71. The summed E-state index contributed by atoms with van der Waals surface area (Å²) in [5.41, 5.74) is 3.96. The van der Waals surface area contributed by atoms with Crippen LogP contribution in [0.3, 0.4) is 0 Å². The molecule has 6 nitrogen and oxygen atoms in total. The van der Waals surface area contributed by atoms with Gasteiger partial charge in [-0.1, -0.05) is 24.3 Å². The van der Waals surface area contributed by atoms with Crippen LogP contribution in [0.1, 0.15) is 21.8 Å². The number of benzene rings is 3. The number of rotatable bonds is 5. The van der Waals surface area contributed by atoms with Gasteiger partial charge in [0.05, 0.1) is 7.11 Å². The molecular weight excluding hydrogens is 398 g/mol. The number of para-hydroxylation sites is 2. The highest BCUT2D eigenvalue weighted by Gasteiger charge is 2.09. The number of fused-ring (bicyclic) bond motifs is 1. The van der Waals surface area contributed by atoms with E-state index in [9.17, 15) is 4.79 Å². The fraction of sp³-hybridized carbons (Fsp3) is 0.0870. The first kappa shape index (κ1) is 19.6. The lowest BCUT2D eigenvalue weighted by molar-refractivity contribution is 0.0977. The molecule has 2 N–H and O–H groups in total. The van der Waals surface area contributed by atoms with Crippen molar-refractivity contribution in [1.29, 1.82) is 0 Å². The number of nitrogens with one attached hydrogen (secondary N) is 2. The van der Waals surface area contributed by atoms with Crippen molar-refractivity contribution in [2.75, 3.05) is 12.4 Å². The van der Waals surface area contributed by atoms with E-state index in [2.05, 4.69) is 15.6 Å². The standard InChI is InChI=1S/C23H19N3O3S/c1-28-18-12-8-16(9-13-18)22(27)26-23(30)24-17-10-6-15(7-11-17)14-21-25-19-4-2-3-5-20(19)29-21/h2-13H,14H2,1H3,(H2,24,26,27,30). The Morgan fingerprint density at radius 2 is 1.77 bits per heavy atom. The van der Waals surface area contributed by atoms with Crippen LogP contribution in [0, 0.1) is 0 Å². The Labute approximate surface area is 178 Å². The lowest BCUT2D eigenvalue weighted by Gasteiger charge is -2.10. The Kier molecular flexibility index (Phi) is 5.72. The Bertz CT molecular complexity index is 1150. The number of ether oxygens (including phenoxy) is 1. The largest absolute Gasteiger partial charge is 0.497 e. The highest BCUT2D eigenvalue weighted by molar-refractivity contribution is 7.80. The second-order valence-electron chi connectivity index (χ2n) is 6.59. The fourth-order valence-corrected chi connectivity index (χ4v) is 3.17. The van der Waals surface area contributed by atoms with Gasteiger partial charge in [0.2, 0.25) is 0 Å². The van der Waals surface area contributed by atoms with E-state index in [1.165, 1.54) is 0 Å². The number of hydrogen-bond donors (Lipinski definition) is 2. The molecule has 0 radical (unpaired) electrons. The fourth-order valence-electron chi connectivity index (χ4n) is 2.96. The van der Waals surface area contributed by atoms with Crippen LogP contribution in [0.25, 0.3) is 11.1 Å². The lowest BCUT2D eigenvalue weighted by Crippen LogP contribution is -2.34. The summed E-state index contributed by atoms with van der Waals surface area (Å²) in [5.74, 6) is 1.06. The summed E-state index contributed by atoms with van der Waals surface area (Å²) in [7, 11) is 1.58. The molecule has 0 atom stereocenters. The van der Waals surface area contributed by atoms with Crippen molar-refractivity contribution in [2.45, 2.75) is 6.42 Å². The third-order valence-electron chi connectivity index (χ3n) is 4.48. The minimum absolute atomic E-state index is 0.225. The van der Waals surface area contributed by atoms with Gasteiger partial charge >= 0.3 is 0 Å². The molecule has 30 heavy (non-hydrogen) atoms. The average Bonchev–Trinajstić information content (AvgIpc) is 3.17. The molecule has 7 heteroatoms. The zero-order valence-corrected chi connectivity index (χ0v) is 17.0. The lowest BCUT2D eigenvalue weighted by atomic mass is 10.1. The minimum atomic E-state index is -0.289. The zero-order chi connectivity index (χ0) is 20.9. The number of aromatic nitrogens is 1. The van der Waals surface area contributed by atoms with E-state index in [1.54, 1.807) is 31.4 Å². The van der Waals surface area contributed by atoms with E-state index in [4.69, 9.17) is 21.4 Å². The maximum Gasteiger partial charge on any atom is 0.257 e. The number of anilines is 1. The first-order valence-electron chi connectivity index (χ1n) is 9.30. The molecule has 0 saturated carbocycles. The maximum atomic E-state index is 12.3. The summed E-state index contributed by atoms with van der Waals surface area (Å²) in [5, 5.41) is 5.91. The highest BCUT2D eigenvalue weighted by atomic mass is 32.1. The van der Waals surface area contributed by atoms with Gasteiger partial charge in [-0.3, -0.25) is 10.1 Å². The molecule has 150 valence electrons. The zero-order valence-electron chi connectivity index (χ0n) is 16.2. The number of carbonyl (C=O) groups is 1. The Balaban J connectivity index is 1.34. The molecule has 0 aliphatic heterocycles. The van der Waals surface area contributed by atoms with Gasteiger partial charge in [0.15, 0.2) is 16.6 Å². The molecule has 3 aromatic carbocycles. The smallest absolute Gasteiger partial charge is 0.257 e. The van der Waals surface area contributed by atoms with Crippen LogP contribution in [-0.4, -0.2) is 23.1 Å². The average molecular weight is 417 g/mol. The summed E-state index contributed by atoms with van der Waals surface area (Å²) in [6, 6.07) is 22.2. The summed E-state index contributed by atoms with van der Waals surface area (Å²) < 4.78 is 10.9. The van der Waals surface area contributed by atoms with E-state index in [0.29, 0.717) is 23.6 Å². The highest BCUT2D eigenvalue weighted by Crippen LogP contribution is 2.18. The number of oxazole rings is 1. The van der Waals surface area contributed by atoms with Crippen molar-refractivity contribution >= 4 is 40.0 Å². The van der Waals surface area contributed by atoms with Crippen molar-refractivity contribution in [3.8, 4) is 5.75 Å². The van der Waals surface area contributed by atoms with Gasteiger partial charge in [0.25, 0.3) is 5.91 Å². The van der Waals surface area contributed by atoms with E-state index in [1.807, 2.05) is 48.5 Å². The topological polar surface area (TPSA) is 76.4 Å². The Morgan fingerprint density at radius 3 is 2.47 bits per heavy atom. The molecule has 1 heterocycles. The van der Waals surface area contributed by atoms with Crippen molar-refractivity contribution in [3.05, 3.63) is 89.8 Å². The molecule has 0 fully saturated rings. The number of methoxy groups -OCH3 is 1. The molecule has 4 aromatic rings. The second-order valence-corrected chi connectivity index (χ2v) is 6.99. The predicted molar refractivity (Wildman–Crippen MR) is 120 cm³/mol. The molecule has 0 unspecified atom stereocenters.